The number of nitrogens with two attached hydrogens (primary N) is 1. The Labute approximate surface area is 122 Å². The van der Waals surface area contributed by atoms with Gasteiger partial charge in [0.1, 0.15) is 12.4 Å². The number of nitrogens with zero attached hydrogens (tertiary/aromatic N) is 1. The first-order valence-electron chi connectivity index (χ1n) is 6.20. The molecule has 3 N–H and O–H groups in total. The summed E-state index contributed by atoms with van der Waals surface area (Å²) >= 11 is 0. The zero-order chi connectivity index (χ0) is 15.9. The molecule has 0 fully saturated rings. The van der Waals surface area contributed by atoms with E-state index in [1.54, 1.807) is 24.3 Å². The van der Waals surface area contributed by atoms with E-state index in [4.69, 9.17) is 15.6 Å². The van der Waals surface area contributed by atoms with E-state index < -0.39 is 35.4 Å². The van der Waals surface area contributed by atoms with Gasteiger partial charge in [-0.2, -0.15) is 4.31 Å². The summed E-state index contributed by atoms with van der Waals surface area (Å²) in [5, 5.41) is 8.75. The van der Waals surface area contributed by atoms with Crippen molar-refractivity contribution in [3.63, 3.8) is 0 Å². The Morgan fingerprint density at radius 3 is 2.43 bits per heavy atom. The van der Waals surface area contributed by atoms with Crippen LogP contribution in [0.4, 0.5) is 14.5 Å². The SMILES string of the molecule is Nc1ccc(OCCS(=O)(=O)N(CCO)CC(F)F)cc1. The quantitative estimate of drug-likeness (QED) is 0.647. The molecule has 0 saturated carbocycles. The molecule has 0 heterocycles. The number of anilines is 1. The third-order valence-corrected chi connectivity index (χ3v) is 4.38. The molecule has 0 aliphatic heterocycles. The summed E-state index contributed by atoms with van der Waals surface area (Å²) in [5.41, 5.74) is 6.03. The molecule has 1 rings (SSSR count). The van der Waals surface area contributed by atoms with Gasteiger partial charge in [0.05, 0.1) is 18.9 Å². The van der Waals surface area contributed by atoms with Crippen molar-refractivity contribution in [3.05, 3.63) is 24.3 Å². The molecular formula is C12H18F2N2O4S. The number of hydrogen-bond acceptors (Lipinski definition) is 5. The number of halogens is 2. The number of alkyl halides is 2. The number of sulfonamides is 1. The lowest BCUT2D eigenvalue weighted by molar-refractivity contribution is 0.113. The zero-order valence-corrected chi connectivity index (χ0v) is 12.1. The van der Waals surface area contributed by atoms with Gasteiger partial charge in [0.2, 0.25) is 10.0 Å². The average molecular weight is 324 g/mol. The van der Waals surface area contributed by atoms with Crippen molar-refractivity contribution in [1.82, 2.24) is 4.31 Å². The lowest BCUT2D eigenvalue weighted by Gasteiger charge is -2.20. The molecule has 0 aliphatic carbocycles. The molecule has 0 saturated heterocycles. The monoisotopic (exact) mass is 324 g/mol. The van der Waals surface area contributed by atoms with Crippen LogP contribution in [0.5, 0.6) is 5.75 Å². The van der Waals surface area contributed by atoms with Crippen molar-refractivity contribution in [3.8, 4) is 5.75 Å². The van der Waals surface area contributed by atoms with E-state index >= 15 is 0 Å². The zero-order valence-electron chi connectivity index (χ0n) is 11.3. The summed E-state index contributed by atoms with van der Waals surface area (Å²) in [6.07, 6.45) is -2.80. The average Bonchev–Trinajstić information content (AvgIpc) is 2.40. The van der Waals surface area contributed by atoms with Crippen molar-refractivity contribution in [2.24, 2.45) is 0 Å². The van der Waals surface area contributed by atoms with E-state index in [-0.39, 0.29) is 13.2 Å². The van der Waals surface area contributed by atoms with E-state index in [1.165, 1.54) is 0 Å². The maximum atomic E-state index is 12.3. The first-order valence-corrected chi connectivity index (χ1v) is 7.81. The van der Waals surface area contributed by atoms with Crippen molar-refractivity contribution >= 4 is 15.7 Å². The second-order valence-corrected chi connectivity index (χ2v) is 6.29. The Morgan fingerprint density at radius 1 is 1.29 bits per heavy atom. The van der Waals surface area contributed by atoms with E-state index in [0.717, 1.165) is 0 Å². The molecule has 0 aliphatic rings. The van der Waals surface area contributed by atoms with Gasteiger partial charge in [-0.1, -0.05) is 0 Å². The standard InChI is InChI=1S/C12H18F2N2O4S/c13-12(14)9-16(5-6-17)21(18,19)8-7-20-11-3-1-10(15)2-4-11/h1-4,12,17H,5-9,15H2. The maximum absolute atomic E-state index is 12.3. The van der Waals surface area contributed by atoms with Crippen LogP contribution in [0.15, 0.2) is 24.3 Å². The fourth-order valence-electron chi connectivity index (χ4n) is 1.57. The number of ether oxygens (including phenoxy) is 1. The number of hydrogen-bond donors (Lipinski definition) is 2. The van der Waals surface area contributed by atoms with Crippen LogP contribution in [0, 0.1) is 0 Å². The van der Waals surface area contributed by atoms with E-state index in [2.05, 4.69) is 0 Å². The largest absolute Gasteiger partial charge is 0.492 e. The molecule has 6 nitrogen and oxygen atoms in total. The van der Waals surface area contributed by atoms with E-state index in [0.29, 0.717) is 15.7 Å². The molecule has 0 unspecified atom stereocenters. The second-order valence-electron chi connectivity index (χ2n) is 4.21. The van der Waals surface area contributed by atoms with Crippen LogP contribution in [0.3, 0.4) is 0 Å². The molecule has 120 valence electrons. The van der Waals surface area contributed by atoms with Crippen molar-refractivity contribution in [1.29, 1.82) is 0 Å². The molecule has 0 aromatic heterocycles. The van der Waals surface area contributed by atoms with Gasteiger partial charge in [-0.25, -0.2) is 17.2 Å². The third kappa shape index (κ3) is 6.23. The van der Waals surface area contributed by atoms with Crippen LogP contribution in [-0.2, 0) is 10.0 Å². The van der Waals surface area contributed by atoms with Crippen LogP contribution in [0.25, 0.3) is 0 Å². The van der Waals surface area contributed by atoms with Gasteiger partial charge in [-0.3, -0.25) is 0 Å². The fraction of sp³-hybridized carbons (Fsp3) is 0.500. The number of nitrogen functional groups attached to an aromatic ring is 1. The fourth-order valence-corrected chi connectivity index (χ4v) is 2.82. The van der Waals surface area contributed by atoms with Crippen LogP contribution in [0.2, 0.25) is 0 Å². The predicted octanol–water partition coefficient (Wildman–Crippen LogP) is 0.537. The highest BCUT2D eigenvalue weighted by atomic mass is 32.2. The van der Waals surface area contributed by atoms with Crippen molar-refractivity contribution in [2.45, 2.75) is 6.43 Å². The molecule has 0 bridgehead atoms. The Hall–Kier alpha value is -1.45. The maximum Gasteiger partial charge on any atom is 0.252 e. The number of aliphatic hydroxyl groups is 1. The summed E-state index contributed by atoms with van der Waals surface area (Å²) in [4.78, 5) is 0. The van der Waals surface area contributed by atoms with Gasteiger partial charge in [-0.05, 0) is 24.3 Å². The molecule has 1 aromatic rings. The van der Waals surface area contributed by atoms with Gasteiger partial charge in [0.15, 0.2) is 0 Å². The van der Waals surface area contributed by atoms with Crippen LogP contribution in [0.1, 0.15) is 0 Å². The number of aliphatic hydroxyl groups excluding tert-OH is 1. The molecule has 1 aromatic carbocycles. The summed E-state index contributed by atoms with van der Waals surface area (Å²) in [7, 11) is -3.91. The van der Waals surface area contributed by atoms with Crippen LogP contribution in [-0.4, -0.2) is 56.3 Å². The molecular weight excluding hydrogens is 306 g/mol. The van der Waals surface area contributed by atoms with Gasteiger partial charge in [-0.15, -0.1) is 0 Å². The summed E-state index contributed by atoms with van der Waals surface area (Å²) < 4.78 is 54.2. The first-order chi connectivity index (χ1) is 9.85. The minimum Gasteiger partial charge on any atom is -0.492 e. The van der Waals surface area contributed by atoms with E-state index in [9.17, 15) is 17.2 Å². The van der Waals surface area contributed by atoms with E-state index in [1.807, 2.05) is 0 Å². The highest BCUT2D eigenvalue weighted by Crippen LogP contribution is 2.13. The van der Waals surface area contributed by atoms with Gasteiger partial charge in [0, 0.05) is 12.2 Å². The molecule has 0 atom stereocenters. The highest BCUT2D eigenvalue weighted by Gasteiger charge is 2.24. The molecule has 0 spiro atoms. The molecule has 0 amide bonds. The minimum absolute atomic E-state index is 0.183. The lowest BCUT2D eigenvalue weighted by Crippen LogP contribution is -2.39. The summed E-state index contributed by atoms with van der Waals surface area (Å²) in [6.45, 7) is -2.01. The Bertz CT molecular complexity index is 523. The first kappa shape index (κ1) is 17.6. The Morgan fingerprint density at radius 2 is 1.90 bits per heavy atom. The van der Waals surface area contributed by atoms with Gasteiger partial charge >= 0.3 is 0 Å². The van der Waals surface area contributed by atoms with Gasteiger partial charge in [0.25, 0.3) is 6.43 Å². The van der Waals surface area contributed by atoms with Crippen LogP contribution < -0.4 is 10.5 Å². The Kier molecular flexibility index (Phi) is 6.79. The highest BCUT2D eigenvalue weighted by molar-refractivity contribution is 7.89. The third-order valence-electron chi connectivity index (χ3n) is 2.57. The van der Waals surface area contributed by atoms with Crippen molar-refractivity contribution < 1.29 is 27.0 Å². The normalized spacial score (nSPS) is 12.0. The topological polar surface area (TPSA) is 92.9 Å². The predicted molar refractivity (Wildman–Crippen MR) is 74.8 cm³/mol. The Balaban J connectivity index is 2.55. The van der Waals surface area contributed by atoms with Gasteiger partial charge < -0.3 is 15.6 Å². The number of rotatable bonds is 9. The minimum atomic E-state index is -3.91. The molecule has 21 heavy (non-hydrogen) atoms. The lowest BCUT2D eigenvalue weighted by atomic mass is 10.3. The summed E-state index contributed by atoms with van der Waals surface area (Å²) in [6, 6.07) is 6.34. The number of benzene rings is 1. The summed E-state index contributed by atoms with van der Waals surface area (Å²) in [5.74, 6) is -0.0219. The molecule has 0 radical (unpaired) electrons. The second kappa shape index (κ2) is 8.11. The molecule has 9 heteroatoms. The smallest absolute Gasteiger partial charge is 0.252 e. The van der Waals surface area contributed by atoms with Crippen LogP contribution >= 0.6 is 0 Å². The van der Waals surface area contributed by atoms with Crippen molar-refractivity contribution in [2.75, 3.05) is 37.8 Å².